The molecular formula is C16H23NO3S. The molecule has 1 N–H and O–H groups in total. The monoisotopic (exact) mass is 309 g/mol. The van der Waals surface area contributed by atoms with Crippen molar-refractivity contribution in [3.63, 3.8) is 0 Å². The standard InChI is InChI=1S/C16H23NO3S/c1-11(2)16(18)13-9-8-12(3)15(10-13)21(19,20)17-14-6-4-5-7-14/h8-11,14,17H,4-7H2,1-3H3. The highest BCUT2D eigenvalue weighted by atomic mass is 32.2. The summed E-state index contributed by atoms with van der Waals surface area (Å²) in [5, 5.41) is 0. The van der Waals surface area contributed by atoms with Gasteiger partial charge in [0, 0.05) is 17.5 Å². The maximum Gasteiger partial charge on any atom is 0.241 e. The third-order valence-corrected chi connectivity index (χ3v) is 5.63. The van der Waals surface area contributed by atoms with Gasteiger partial charge in [0.05, 0.1) is 4.90 Å². The van der Waals surface area contributed by atoms with E-state index in [0.29, 0.717) is 11.1 Å². The maximum atomic E-state index is 12.5. The van der Waals surface area contributed by atoms with Crippen LogP contribution in [0.5, 0.6) is 0 Å². The number of carbonyl (C=O) groups is 1. The number of nitrogens with one attached hydrogen (secondary N) is 1. The molecule has 0 unspecified atom stereocenters. The zero-order chi connectivity index (χ0) is 15.6. The number of carbonyl (C=O) groups excluding carboxylic acids is 1. The number of aryl methyl sites for hydroxylation is 1. The third-order valence-electron chi connectivity index (χ3n) is 3.96. The predicted octanol–water partition coefficient (Wildman–Crippen LogP) is 3.05. The van der Waals surface area contributed by atoms with Gasteiger partial charge < -0.3 is 0 Å². The fourth-order valence-electron chi connectivity index (χ4n) is 2.70. The van der Waals surface area contributed by atoms with E-state index in [2.05, 4.69) is 4.72 Å². The second-order valence-corrected chi connectivity index (χ2v) is 7.78. The van der Waals surface area contributed by atoms with E-state index in [1.54, 1.807) is 19.1 Å². The highest BCUT2D eigenvalue weighted by Crippen LogP contribution is 2.23. The molecule has 0 saturated heterocycles. The minimum atomic E-state index is -3.56. The molecular weight excluding hydrogens is 286 g/mol. The molecule has 1 aromatic rings. The summed E-state index contributed by atoms with van der Waals surface area (Å²) in [7, 11) is -3.56. The lowest BCUT2D eigenvalue weighted by atomic mass is 10.0. The highest BCUT2D eigenvalue weighted by Gasteiger charge is 2.25. The molecule has 1 fully saturated rings. The van der Waals surface area contributed by atoms with Crippen LogP contribution in [0.25, 0.3) is 0 Å². The SMILES string of the molecule is Cc1ccc(C(=O)C(C)C)cc1S(=O)(=O)NC1CCCC1. The number of ketones is 1. The Balaban J connectivity index is 2.33. The van der Waals surface area contributed by atoms with E-state index in [1.165, 1.54) is 6.07 Å². The van der Waals surface area contributed by atoms with Gasteiger partial charge in [-0.2, -0.15) is 0 Å². The third kappa shape index (κ3) is 3.71. The van der Waals surface area contributed by atoms with Crippen molar-refractivity contribution in [2.75, 3.05) is 0 Å². The summed E-state index contributed by atoms with van der Waals surface area (Å²) in [6.07, 6.45) is 3.92. The first-order chi connectivity index (χ1) is 9.81. The van der Waals surface area contributed by atoms with Gasteiger partial charge in [-0.05, 0) is 31.4 Å². The summed E-state index contributed by atoms with van der Waals surface area (Å²) in [5.74, 6) is -0.182. The smallest absolute Gasteiger partial charge is 0.241 e. The Morgan fingerprint density at radius 3 is 2.43 bits per heavy atom. The molecule has 1 aliphatic carbocycles. The lowest BCUT2D eigenvalue weighted by Gasteiger charge is -2.15. The number of hydrogen-bond donors (Lipinski definition) is 1. The Morgan fingerprint density at radius 2 is 1.86 bits per heavy atom. The molecule has 1 aliphatic rings. The number of hydrogen-bond acceptors (Lipinski definition) is 3. The predicted molar refractivity (Wildman–Crippen MR) is 82.9 cm³/mol. The van der Waals surface area contributed by atoms with Crippen LogP contribution in [0.2, 0.25) is 0 Å². The Labute approximate surface area is 127 Å². The molecule has 2 rings (SSSR count). The van der Waals surface area contributed by atoms with Gasteiger partial charge in [-0.15, -0.1) is 0 Å². The summed E-state index contributed by atoms with van der Waals surface area (Å²) in [5.41, 5.74) is 1.13. The summed E-state index contributed by atoms with van der Waals surface area (Å²) in [4.78, 5) is 12.3. The average molecular weight is 309 g/mol. The fourth-order valence-corrected chi connectivity index (χ4v) is 4.28. The largest absolute Gasteiger partial charge is 0.294 e. The van der Waals surface area contributed by atoms with E-state index >= 15 is 0 Å². The van der Waals surface area contributed by atoms with Crippen LogP contribution in [-0.4, -0.2) is 20.2 Å². The molecule has 0 aliphatic heterocycles. The molecule has 1 saturated carbocycles. The van der Waals surface area contributed by atoms with Crippen LogP contribution in [0.3, 0.4) is 0 Å². The second kappa shape index (κ2) is 6.28. The van der Waals surface area contributed by atoms with Gasteiger partial charge in [0.15, 0.2) is 5.78 Å². The minimum Gasteiger partial charge on any atom is -0.294 e. The van der Waals surface area contributed by atoms with E-state index in [4.69, 9.17) is 0 Å². The highest BCUT2D eigenvalue weighted by molar-refractivity contribution is 7.89. The van der Waals surface area contributed by atoms with Crippen molar-refractivity contribution < 1.29 is 13.2 Å². The lowest BCUT2D eigenvalue weighted by Crippen LogP contribution is -2.33. The van der Waals surface area contributed by atoms with E-state index in [9.17, 15) is 13.2 Å². The summed E-state index contributed by atoms with van der Waals surface area (Å²) < 4.78 is 27.8. The Hall–Kier alpha value is -1.20. The topological polar surface area (TPSA) is 63.2 Å². The number of Topliss-reactive ketones (excluding diaryl/α,β-unsaturated/α-hetero) is 1. The van der Waals surface area contributed by atoms with Crippen molar-refractivity contribution in [3.05, 3.63) is 29.3 Å². The molecule has 5 heteroatoms. The summed E-state index contributed by atoms with van der Waals surface area (Å²) in [6.45, 7) is 5.38. The quantitative estimate of drug-likeness (QED) is 0.850. The first-order valence-electron chi connectivity index (χ1n) is 7.48. The van der Waals surface area contributed by atoms with Gasteiger partial charge >= 0.3 is 0 Å². The van der Waals surface area contributed by atoms with E-state index in [-0.39, 0.29) is 22.6 Å². The molecule has 0 atom stereocenters. The van der Waals surface area contributed by atoms with Gasteiger partial charge in [0.2, 0.25) is 10.0 Å². The summed E-state index contributed by atoms with van der Waals surface area (Å²) in [6, 6.07) is 4.94. The van der Waals surface area contributed by atoms with Crippen molar-refractivity contribution in [1.82, 2.24) is 4.72 Å². The Kier molecular flexibility index (Phi) is 4.84. The van der Waals surface area contributed by atoms with Crippen molar-refractivity contribution in [1.29, 1.82) is 0 Å². The number of sulfonamides is 1. The van der Waals surface area contributed by atoms with Crippen molar-refractivity contribution in [3.8, 4) is 0 Å². The van der Waals surface area contributed by atoms with Crippen LogP contribution in [0.4, 0.5) is 0 Å². The van der Waals surface area contributed by atoms with Crippen LogP contribution in [-0.2, 0) is 10.0 Å². The lowest BCUT2D eigenvalue weighted by molar-refractivity contribution is 0.0939. The van der Waals surface area contributed by atoms with Gasteiger partial charge in [-0.3, -0.25) is 4.79 Å². The van der Waals surface area contributed by atoms with E-state index in [0.717, 1.165) is 25.7 Å². The van der Waals surface area contributed by atoms with Crippen LogP contribution in [0, 0.1) is 12.8 Å². The molecule has 0 amide bonds. The van der Waals surface area contributed by atoms with Gasteiger partial charge in [-0.1, -0.05) is 38.8 Å². The Morgan fingerprint density at radius 1 is 1.24 bits per heavy atom. The normalized spacial score (nSPS) is 16.6. The number of rotatable bonds is 5. The Bertz CT molecular complexity index is 629. The van der Waals surface area contributed by atoms with E-state index < -0.39 is 10.0 Å². The molecule has 116 valence electrons. The van der Waals surface area contributed by atoms with Gasteiger partial charge in [-0.25, -0.2) is 13.1 Å². The van der Waals surface area contributed by atoms with Crippen LogP contribution < -0.4 is 4.72 Å². The molecule has 0 bridgehead atoms. The van der Waals surface area contributed by atoms with Gasteiger partial charge in [0.1, 0.15) is 0 Å². The van der Waals surface area contributed by atoms with Crippen LogP contribution in [0.1, 0.15) is 55.5 Å². The van der Waals surface area contributed by atoms with Crippen molar-refractivity contribution >= 4 is 15.8 Å². The van der Waals surface area contributed by atoms with Crippen LogP contribution in [0.15, 0.2) is 23.1 Å². The molecule has 0 radical (unpaired) electrons. The zero-order valence-electron chi connectivity index (χ0n) is 12.8. The molecule has 4 nitrogen and oxygen atoms in total. The minimum absolute atomic E-state index is 0.0267. The molecule has 21 heavy (non-hydrogen) atoms. The van der Waals surface area contributed by atoms with Crippen molar-refractivity contribution in [2.24, 2.45) is 5.92 Å². The first kappa shape index (κ1) is 16.2. The molecule has 0 spiro atoms. The fraction of sp³-hybridized carbons (Fsp3) is 0.562. The summed E-state index contributed by atoms with van der Waals surface area (Å²) >= 11 is 0. The number of benzene rings is 1. The van der Waals surface area contributed by atoms with Crippen LogP contribution >= 0.6 is 0 Å². The second-order valence-electron chi connectivity index (χ2n) is 6.10. The molecule has 1 aromatic carbocycles. The van der Waals surface area contributed by atoms with Gasteiger partial charge in [0.25, 0.3) is 0 Å². The van der Waals surface area contributed by atoms with Crippen molar-refractivity contribution in [2.45, 2.75) is 57.4 Å². The first-order valence-corrected chi connectivity index (χ1v) is 8.97. The average Bonchev–Trinajstić information content (AvgIpc) is 2.90. The zero-order valence-corrected chi connectivity index (χ0v) is 13.7. The maximum absolute atomic E-state index is 12.5. The molecule has 0 heterocycles. The van der Waals surface area contributed by atoms with E-state index in [1.807, 2.05) is 13.8 Å². The molecule has 0 aromatic heterocycles.